The van der Waals surface area contributed by atoms with Crippen LogP contribution in [-0.2, 0) is 0 Å². The summed E-state index contributed by atoms with van der Waals surface area (Å²) in [6, 6.07) is 0. The lowest BCUT2D eigenvalue weighted by Gasteiger charge is -2.18. The van der Waals surface area contributed by atoms with Crippen LogP contribution in [0.5, 0.6) is 0 Å². The molecule has 1 saturated carbocycles. The van der Waals surface area contributed by atoms with Crippen LogP contribution in [0.4, 0.5) is 0 Å². The second-order valence-corrected chi connectivity index (χ2v) is 5.94. The van der Waals surface area contributed by atoms with Gasteiger partial charge in [-0.25, -0.2) is 0 Å². The third-order valence-corrected chi connectivity index (χ3v) is 3.15. The largest absolute Gasteiger partial charge is 0.0628 e. The molecule has 0 aromatic heterocycles. The molecule has 12 heavy (non-hydrogen) atoms. The molecule has 0 bridgehead atoms. The maximum absolute atomic E-state index is 2.38. The standard InChI is InChI=1S/C12H24/c1-9(2)6-7-10-8-11(10)12(3,4)5/h9-11H,6-8H2,1-5H3. The lowest BCUT2D eigenvalue weighted by molar-refractivity contribution is 0.320. The SMILES string of the molecule is CC(C)CCC1CC1C(C)(C)C. The lowest BCUT2D eigenvalue weighted by atomic mass is 9.88. The molecule has 0 nitrogen and oxygen atoms in total. The third-order valence-electron chi connectivity index (χ3n) is 3.15. The van der Waals surface area contributed by atoms with E-state index in [1.165, 1.54) is 19.3 Å². The number of hydrogen-bond acceptors (Lipinski definition) is 0. The summed E-state index contributed by atoms with van der Waals surface area (Å²) in [6.45, 7) is 11.8. The highest BCUT2D eigenvalue weighted by atomic mass is 14.5. The zero-order valence-corrected chi connectivity index (χ0v) is 9.35. The predicted molar refractivity (Wildman–Crippen MR) is 55.1 cm³/mol. The minimum absolute atomic E-state index is 0.571. The quantitative estimate of drug-likeness (QED) is 0.595. The molecule has 0 heterocycles. The topological polar surface area (TPSA) is 0 Å². The molecule has 0 aliphatic heterocycles. The Balaban J connectivity index is 2.16. The number of hydrogen-bond donors (Lipinski definition) is 0. The Labute approximate surface area is 77.7 Å². The average Bonchev–Trinajstić information content (AvgIpc) is 2.59. The first-order valence-electron chi connectivity index (χ1n) is 5.41. The van der Waals surface area contributed by atoms with Gasteiger partial charge in [0.05, 0.1) is 0 Å². The molecule has 0 amide bonds. The maximum atomic E-state index is 2.38. The first-order valence-corrected chi connectivity index (χ1v) is 5.41. The minimum Gasteiger partial charge on any atom is -0.0628 e. The van der Waals surface area contributed by atoms with Crippen LogP contribution in [0, 0.1) is 23.2 Å². The average molecular weight is 168 g/mol. The van der Waals surface area contributed by atoms with Crippen LogP contribution in [0.2, 0.25) is 0 Å². The van der Waals surface area contributed by atoms with E-state index in [2.05, 4.69) is 34.6 Å². The Morgan fingerprint density at radius 1 is 1.25 bits per heavy atom. The molecule has 0 spiro atoms. The van der Waals surface area contributed by atoms with Crippen molar-refractivity contribution in [3.8, 4) is 0 Å². The second kappa shape index (κ2) is 3.40. The molecule has 0 saturated heterocycles. The Morgan fingerprint density at radius 3 is 2.17 bits per heavy atom. The molecule has 2 unspecified atom stereocenters. The lowest BCUT2D eigenvalue weighted by Crippen LogP contribution is -2.09. The fourth-order valence-corrected chi connectivity index (χ4v) is 2.17. The van der Waals surface area contributed by atoms with Gasteiger partial charge in [0.2, 0.25) is 0 Å². The van der Waals surface area contributed by atoms with Crippen molar-refractivity contribution in [2.24, 2.45) is 23.2 Å². The van der Waals surface area contributed by atoms with E-state index in [1.807, 2.05) is 0 Å². The third kappa shape index (κ3) is 2.80. The Hall–Kier alpha value is 0. The minimum atomic E-state index is 0.571. The summed E-state index contributed by atoms with van der Waals surface area (Å²) in [5.74, 6) is 2.98. The van der Waals surface area contributed by atoms with Crippen LogP contribution in [-0.4, -0.2) is 0 Å². The zero-order valence-electron chi connectivity index (χ0n) is 9.35. The molecule has 2 atom stereocenters. The molecule has 0 aromatic rings. The first-order chi connectivity index (χ1) is 5.41. The van der Waals surface area contributed by atoms with Crippen LogP contribution in [0.3, 0.4) is 0 Å². The smallest absolute Gasteiger partial charge is 0.0334 e. The van der Waals surface area contributed by atoms with Gasteiger partial charge in [0.15, 0.2) is 0 Å². The fourth-order valence-electron chi connectivity index (χ4n) is 2.17. The van der Waals surface area contributed by atoms with Gasteiger partial charge in [-0.2, -0.15) is 0 Å². The first kappa shape index (κ1) is 10.1. The van der Waals surface area contributed by atoms with Crippen molar-refractivity contribution in [2.45, 2.75) is 53.9 Å². The highest BCUT2D eigenvalue weighted by Gasteiger charge is 2.44. The molecule has 1 aliphatic rings. The molecule has 1 aliphatic carbocycles. The predicted octanol–water partition coefficient (Wildman–Crippen LogP) is 4.10. The van der Waals surface area contributed by atoms with Crippen LogP contribution in [0.15, 0.2) is 0 Å². The second-order valence-electron chi connectivity index (χ2n) is 5.94. The van der Waals surface area contributed by atoms with Gasteiger partial charge in [0.1, 0.15) is 0 Å². The normalized spacial score (nSPS) is 29.5. The highest BCUT2D eigenvalue weighted by Crippen LogP contribution is 2.52. The van der Waals surface area contributed by atoms with E-state index < -0.39 is 0 Å². The molecule has 1 fully saturated rings. The van der Waals surface area contributed by atoms with Crippen molar-refractivity contribution in [3.05, 3.63) is 0 Å². The van der Waals surface area contributed by atoms with Gasteiger partial charge in [-0.15, -0.1) is 0 Å². The van der Waals surface area contributed by atoms with Gasteiger partial charge in [-0.05, 0) is 36.0 Å². The van der Waals surface area contributed by atoms with Crippen molar-refractivity contribution in [1.29, 1.82) is 0 Å². The molecular formula is C12H24. The maximum Gasteiger partial charge on any atom is -0.0334 e. The van der Waals surface area contributed by atoms with Crippen LogP contribution < -0.4 is 0 Å². The summed E-state index contributed by atoms with van der Waals surface area (Å²) in [5.41, 5.74) is 0.571. The summed E-state index contributed by atoms with van der Waals surface area (Å²) in [7, 11) is 0. The fraction of sp³-hybridized carbons (Fsp3) is 1.00. The molecule has 0 heteroatoms. The molecular weight excluding hydrogens is 144 g/mol. The summed E-state index contributed by atoms with van der Waals surface area (Å²) in [6.07, 6.45) is 4.40. The van der Waals surface area contributed by atoms with Gasteiger partial charge in [0.25, 0.3) is 0 Å². The van der Waals surface area contributed by atoms with E-state index >= 15 is 0 Å². The van der Waals surface area contributed by atoms with E-state index in [4.69, 9.17) is 0 Å². The van der Waals surface area contributed by atoms with Gasteiger partial charge in [-0.1, -0.05) is 41.0 Å². The molecule has 0 N–H and O–H groups in total. The van der Waals surface area contributed by atoms with Gasteiger partial charge in [-0.3, -0.25) is 0 Å². The van der Waals surface area contributed by atoms with E-state index in [1.54, 1.807) is 0 Å². The van der Waals surface area contributed by atoms with Crippen molar-refractivity contribution < 1.29 is 0 Å². The van der Waals surface area contributed by atoms with Crippen molar-refractivity contribution in [2.75, 3.05) is 0 Å². The van der Waals surface area contributed by atoms with Gasteiger partial charge < -0.3 is 0 Å². The summed E-state index contributed by atoms with van der Waals surface area (Å²) >= 11 is 0. The van der Waals surface area contributed by atoms with Gasteiger partial charge in [0, 0.05) is 0 Å². The molecule has 1 rings (SSSR count). The van der Waals surface area contributed by atoms with Crippen LogP contribution >= 0.6 is 0 Å². The molecule has 0 radical (unpaired) electrons. The number of rotatable bonds is 3. The van der Waals surface area contributed by atoms with E-state index in [0.29, 0.717) is 5.41 Å². The van der Waals surface area contributed by atoms with Gasteiger partial charge >= 0.3 is 0 Å². The van der Waals surface area contributed by atoms with Crippen molar-refractivity contribution in [3.63, 3.8) is 0 Å². The van der Waals surface area contributed by atoms with E-state index in [-0.39, 0.29) is 0 Å². The van der Waals surface area contributed by atoms with E-state index in [9.17, 15) is 0 Å². The summed E-state index contributed by atoms with van der Waals surface area (Å²) < 4.78 is 0. The van der Waals surface area contributed by atoms with Crippen molar-refractivity contribution in [1.82, 2.24) is 0 Å². The molecule has 0 aromatic carbocycles. The van der Waals surface area contributed by atoms with Crippen molar-refractivity contribution >= 4 is 0 Å². The van der Waals surface area contributed by atoms with Crippen LogP contribution in [0.25, 0.3) is 0 Å². The Kier molecular flexibility index (Phi) is 2.85. The monoisotopic (exact) mass is 168 g/mol. The Morgan fingerprint density at radius 2 is 1.83 bits per heavy atom. The zero-order chi connectivity index (χ0) is 9.35. The summed E-state index contributed by atoms with van der Waals surface area (Å²) in [5, 5.41) is 0. The van der Waals surface area contributed by atoms with E-state index in [0.717, 1.165) is 17.8 Å². The molecule has 72 valence electrons. The highest BCUT2D eigenvalue weighted by molar-refractivity contribution is 4.93. The Bertz CT molecular complexity index is 139. The summed E-state index contributed by atoms with van der Waals surface area (Å²) in [4.78, 5) is 0. The van der Waals surface area contributed by atoms with Crippen LogP contribution in [0.1, 0.15) is 53.9 Å².